The van der Waals surface area contributed by atoms with E-state index in [-0.39, 0.29) is 36.1 Å². The summed E-state index contributed by atoms with van der Waals surface area (Å²) in [6.07, 6.45) is 0. The molecule has 2 atom stereocenters. The molecule has 1 aromatic carbocycles. The summed E-state index contributed by atoms with van der Waals surface area (Å²) in [5.41, 5.74) is 16.9. The van der Waals surface area contributed by atoms with Crippen LogP contribution >= 0.6 is 0 Å². The number of fused-ring (bicyclic) bond motifs is 2. The van der Waals surface area contributed by atoms with Gasteiger partial charge < -0.3 is 30.4 Å². The topological polar surface area (TPSA) is 194 Å². The van der Waals surface area contributed by atoms with Gasteiger partial charge in [-0.05, 0) is 11.1 Å². The number of allylic oxidation sites excluding steroid dienone is 2. The quantitative estimate of drug-likeness (QED) is 0.399. The first kappa shape index (κ1) is 23.0. The number of nitrogens with one attached hydrogen (secondary N) is 2. The molecule has 182 valence electrons. The SMILES string of the molecule is COCc1[nH]nc2c1C(c1ccc(C3C(C#N)=C(N)Oc4n[nH]c(COC)c43)cc1)C(C#N)=C(N)O2. The van der Waals surface area contributed by atoms with Gasteiger partial charge in [-0.1, -0.05) is 24.3 Å². The number of rotatable bonds is 6. The van der Waals surface area contributed by atoms with E-state index in [0.717, 1.165) is 11.1 Å². The molecule has 12 nitrogen and oxygen atoms in total. The van der Waals surface area contributed by atoms with E-state index in [0.29, 0.717) is 34.3 Å². The molecule has 4 heterocycles. The lowest BCUT2D eigenvalue weighted by Crippen LogP contribution is -2.22. The Kier molecular flexibility index (Phi) is 5.82. The van der Waals surface area contributed by atoms with Crippen LogP contribution in [0.25, 0.3) is 0 Å². The zero-order valence-corrected chi connectivity index (χ0v) is 19.5. The Morgan fingerprint density at radius 1 is 0.806 bits per heavy atom. The second-order valence-corrected chi connectivity index (χ2v) is 8.22. The molecule has 3 aromatic rings. The number of aromatic amines is 2. The second kappa shape index (κ2) is 9.11. The number of hydrogen-bond acceptors (Lipinski definition) is 10. The van der Waals surface area contributed by atoms with Crippen molar-refractivity contribution in [3.63, 3.8) is 0 Å². The van der Waals surface area contributed by atoms with Crippen molar-refractivity contribution in [3.05, 3.63) is 80.8 Å². The maximum absolute atomic E-state index is 9.88. The maximum atomic E-state index is 9.88. The number of benzene rings is 1. The van der Waals surface area contributed by atoms with Crippen molar-refractivity contribution >= 4 is 0 Å². The third kappa shape index (κ3) is 3.53. The highest BCUT2D eigenvalue weighted by Crippen LogP contribution is 2.45. The number of aromatic nitrogens is 4. The Morgan fingerprint density at radius 2 is 1.19 bits per heavy atom. The maximum Gasteiger partial charge on any atom is 0.244 e. The molecule has 12 heteroatoms. The van der Waals surface area contributed by atoms with Crippen LogP contribution in [0.15, 0.2) is 47.2 Å². The van der Waals surface area contributed by atoms with Gasteiger partial charge >= 0.3 is 0 Å². The van der Waals surface area contributed by atoms with Crippen molar-refractivity contribution in [2.24, 2.45) is 11.5 Å². The van der Waals surface area contributed by atoms with E-state index in [4.69, 9.17) is 30.4 Å². The van der Waals surface area contributed by atoms with E-state index in [2.05, 4.69) is 32.5 Å². The molecular weight excluding hydrogens is 464 g/mol. The van der Waals surface area contributed by atoms with Crippen LogP contribution in [-0.4, -0.2) is 34.6 Å². The molecule has 5 rings (SSSR count). The van der Waals surface area contributed by atoms with Gasteiger partial charge in [0.05, 0.1) is 47.6 Å². The van der Waals surface area contributed by atoms with E-state index < -0.39 is 11.8 Å². The van der Waals surface area contributed by atoms with Crippen LogP contribution in [0.1, 0.15) is 45.5 Å². The molecule has 2 unspecified atom stereocenters. The molecule has 0 spiro atoms. The van der Waals surface area contributed by atoms with E-state index in [1.807, 2.05) is 24.3 Å². The van der Waals surface area contributed by atoms with Gasteiger partial charge in [-0.15, -0.1) is 10.2 Å². The van der Waals surface area contributed by atoms with E-state index in [1.165, 1.54) is 0 Å². The van der Waals surface area contributed by atoms with Crippen LogP contribution < -0.4 is 20.9 Å². The van der Waals surface area contributed by atoms with Gasteiger partial charge in [-0.25, -0.2) is 0 Å². The summed E-state index contributed by atoms with van der Waals surface area (Å²) in [5.74, 6) is -0.451. The van der Waals surface area contributed by atoms with Crippen molar-refractivity contribution < 1.29 is 18.9 Å². The number of ether oxygens (including phenoxy) is 4. The number of nitrogens with zero attached hydrogens (tertiary/aromatic N) is 4. The molecule has 2 aliphatic rings. The van der Waals surface area contributed by atoms with Crippen LogP contribution in [0.3, 0.4) is 0 Å². The fraction of sp³-hybridized carbons (Fsp3) is 0.250. The zero-order valence-electron chi connectivity index (χ0n) is 19.5. The minimum Gasteiger partial charge on any atom is -0.420 e. The van der Waals surface area contributed by atoms with Gasteiger partial charge in [0.25, 0.3) is 0 Å². The number of nitrogens with two attached hydrogens (primary N) is 2. The molecular formula is C24H22N8O4. The fourth-order valence-electron chi connectivity index (χ4n) is 4.67. The molecule has 6 N–H and O–H groups in total. The number of methoxy groups -OCH3 is 2. The first-order valence-electron chi connectivity index (χ1n) is 10.9. The number of nitriles is 2. The van der Waals surface area contributed by atoms with Crippen molar-refractivity contribution in [1.82, 2.24) is 20.4 Å². The average molecular weight is 486 g/mol. The predicted molar refractivity (Wildman–Crippen MR) is 124 cm³/mol. The summed E-state index contributed by atoms with van der Waals surface area (Å²) < 4.78 is 21.7. The Morgan fingerprint density at radius 3 is 1.53 bits per heavy atom. The minimum absolute atomic E-state index is 0.00584. The molecule has 0 saturated heterocycles. The smallest absolute Gasteiger partial charge is 0.244 e. The molecule has 0 aliphatic carbocycles. The van der Waals surface area contributed by atoms with Crippen LogP contribution in [-0.2, 0) is 22.7 Å². The first-order chi connectivity index (χ1) is 17.5. The largest absolute Gasteiger partial charge is 0.420 e. The lowest BCUT2D eigenvalue weighted by Gasteiger charge is -2.26. The summed E-state index contributed by atoms with van der Waals surface area (Å²) in [7, 11) is 3.13. The zero-order chi connectivity index (χ0) is 25.4. The Balaban J connectivity index is 1.61. The van der Waals surface area contributed by atoms with Crippen molar-refractivity contribution in [3.8, 4) is 23.9 Å². The van der Waals surface area contributed by atoms with E-state index in [1.54, 1.807) is 14.2 Å². The summed E-state index contributed by atoms with van der Waals surface area (Å²) >= 11 is 0. The predicted octanol–water partition coefficient (Wildman–Crippen LogP) is 1.86. The van der Waals surface area contributed by atoms with Gasteiger partial charge in [-0.3, -0.25) is 10.2 Å². The summed E-state index contributed by atoms with van der Waals surface area (Å²) in [6, 6.07) is 11.8. The monoisotopic (exact) mass is 486 g/mol. The number of hydrogen-bond donors (Lipinski definition) is 4. The normalized spacial score (nSPS) is 18.6. The molecule has 2 aliphatic heterocycles. The van der Waals surface area contributed by atoms with Crippen molar-refractivity contribution in [2.75, 3.05) is 14.2 Å². The van der Waals surface area contributed by atoms with Crippen LogP contribution in [0.5, 0.6) is 11.8 Å². The molecule has 0 radical (unpaired) electrons. The van der Waals surface area contributed by atoms with E-state index >= 15 is 0 Å². The first-order valence-corrected chi connectivity index (χ1v) is 10.9. The van der Waals surface area contributed by atoms with Gasteiger partial charge in [0.2, 0.25) is 23.5 Å². The lowest BCUT2D eigenvalue weighted by molar-refractivity contribution is 0.180. The highest BCUT2D eigenvalue weighted by molar-refractivity contribution is 5.58. The van der Waals surface area contributed by atoms with Gasteiger partial charge in [0.1, 0.15) is 23.3 Å². The van der Waals surface area contributed by atoms with Gasteiger partial charge in [-0.2, -0.15) is 10.5 Å². The Bertz CT molecular complexity index is 1360. The highest BCUT2D eigenvalue weighted by atomic mass is 16.5. The molecule has 2 aromatic heterocycles. The van der Waals surface area contributed by atoms with Crippen LogP contribution in [0, 0.1) is 22.7 Å². The summed E-state index contributed by atoms with van der Waals surface area (Å²) in [6.45, 7) is 0.504. The standard InChI is InChI=1S/C24H22N8O4/c1-33-9-15-19-17(13(7-25)21(27)35-23(19)31-29-15)11-3-5-12(6-4-11)18-14(8-26)22(28)36-24-20(18)16(10-34-2)30-32-24/h3-6,17-18H,9-10,27-28H2,1-2H3,(H,29,31)(H,30,32). The third-order valence-corrected chi connectivity index (χ3v) is 6.22. The summed E-state index contributed by atoms with van der Waals surface area (Å²) in [5, 5.41) is 34.0. The molecule has 0 bridgehead atoms. The second-order valence-electron chi connectivity index (χ2n) is 8.22. The Labute approximate surface area is 205 Å². The van der Waals surface area contributed by atoms with E-state index in [9.17, 15) is 10.5 Å². The molecule has 0 amide bonds. The third-order valence-electron chi connectivity index (χ3n) is 6.22. The highest BCUT2D eigenvalue weighted by Gasteiger charge is 2.37. The molecule has 36 heavy (non-hydrogen) atoms. The minimum atomic E-state index is -0.518. The van der Waals surface area contributed by atoms with Crippen LogP contribution in [0.4, 0.5) is 0 Å². The molecule has 0 fully saturated rings. The van der Waals surface area contributed by atoms with Gasteiger partial charge in [0, 0.05) is 14.2 Å². The Hall–Kier alpha value is -4.78. The lowest BCUT2D eigenvalue weighted by atomic mass is 9.80. The van der Waals surface area contributed by atoms with Crippen molar-refractivity contribution in [2.45, 2.75) is 25.0 Å². The average Bonchev–Trinajstić information content (AvgIpc) is 3.46. The van der Waals surface area contributed by atoms with Crippen LogP contribution in [0.2, 0.25) is 0 Å². The van der Waals surface area contributed by atoms with Gasteiger partial charge in [0.15, 0.2) is 0 Å². The molecule has 0 saturated carbocycles. The van der Waals surface area contributed by atoms with Crippen molar-refractivity contribution in [1.29, 1.82) is 10.5 Å². The summed E-state index contributed by atoms with van der Waals surface area (Å²) in [4.78, 5) is 0. The fourth-order valence-corrected chi connectivity index (χ4v) is 4.67. The number of H-pyrrole nitrogens is 2.